The molecule has 15 nitrogen and oxygen atoms in total. The highest BCUT2D eigenvalue weighted by Gasteiger charge is 2.30. The molecule has 1 aromatic rings. The normalized spacial score (nSPS) is 17.6. The second kappa shape index (κ2) is 17.2. The molecule has 1 N–H and O–H groups in total. The maximum absolute atomic E-state index is 12.7. The number of hydrogen-bond donors (Lipinski definition) is 1. The van der Waals surface area contributed by atoms with Crippen molar-refractivity contribution in [1.82, 2.24) is 0 Å². The van der Waals surface area contributed by atoms with E-state index in [2.05, 4.69) is 0 Å². The Morgan fingerprint density at radius 2 is 1.19 bits per heavy atom. The number of benzene rings is 1. The van der Waals surface area contributed by atoms with Gasteiger partial charge < -0.3 is 9.84 Å². The molecule has 0 saturated carbocycles. The van der Waals surface area contributed by atoms with E-state index >= 15 is 0 Å². The first-order valence-electron chi connectivity index (χ1n) is 16.7. The third-order valence-corrected chi connectivity index (χ3v) is 11.3. The van der Waals surface area contributed by atoms with Gasteiger partial charge in [0, 0.05) is 39.6 Å². The number of ether oxygens (including phenoxy) is 1. The number of hydrogen-bond acceptors (Lipinski definition) is 14. The Bertz CT molecular complexity index is 2120. The fraction of sp³-hybridized carbons (Fsp3) is 0.270. The van der Waals surface area contributed by atoms with Crippen LogP contribution >= 0.6 is 15.6 Å². The van der Waals surface area contributed by atoms with E-state index in [1.54, 1.807) is 12.1 Å². The van der Waals surface area contributed by atoms with Crippen LogP contribution in [0.1, 0.15) is 18.4 Å². The highest BCUT2D eigenvalue weighted by atomic mass is 31.2. The van der Waals surface area contributed by atoms with Crippen molar-refractivity contribution in [3.63, 3.8) is 0 Å². The lowest BCUT2D eigenvalue weighted by molar-refractivity contribution is -0.139. The number of aliphatic imine (C=N–C) groups is 4. The first-order chi connectivity index (χ1) is 26.0. The standard InChI is InChI=1S/C37H38N4O11P2/c1-46-53(44,47-2)51-19-17-25(18-20-52-54(45,48-3)49-4)37-33-15-9-28(40-33)21-26-7-13-31(38-26)36(24-5-11-30(12-6-24)50-23-35(42)43)32-14-8-27(39-32)22-29-10-16-34(37)41-29/h5-16,21-22,25H,17-20,23H2,1-4H3,(H,42,43). The zero-order valence-electron chi connectivity index (χ0n) is 29.9. The van der Waals surface area contributed by atoms with Gasteiger partial charge in [-0.15, -0.1) is 0 Å². The molecule has 0 spiro atoms. The van der Waals surface area contributed by atoms with Crippen molar-refractivity contribution >= 4 is 50.0 Å². The quantitative estimate of drug-likeness (QED) is 0.158. The Labute approximate surface area is 312 Å². The lowest BCUT2D eigenvalue weighted by Crippen LogP contribution is -2.17. The fourth-order valence-corrected chi connectivity index (χ4v) is 7.34. The molecule has 282 valence electrons. The molecule has 6 rings (SSSR count). The van der Waals surface area contributed by atoms with E-state index in [0.717, 1.165) is 16.7 Å². The first-order valence-corrected chi connectivity index (χ1v) is 19.6. The van der Waals surface area contributed by atoms with Crippen molar-refractivity contribution in [2.24, 2.45) is 25.9 Å². The molecule has 0 atom stereocenters. The minimum absolute atomic E-state index is 0.0178. The summed E-state index contributed by atoms with van der Waals surface area (Å²) in [5.41, 5.74) is 7.58. The van der Waals surface area contributed by atoms with E-state index in [9.17, 15) is 13.9 Å². The molecule has 8 bridgehead atoms. The Morgan fingerprint density at radius 3 is 1.74 bits per heavy atom. The van der Waals surface area contributed by atoms with Crippen molar-refractivity contribution in [3.8, 4) is 5.75 Å². The van der Waals surface area contributed by atoms with Gasteiger partial charge in [-0.2, -0.15) is 0 Å². The Morgan fingerprint density at radius 1 is 0.667 bits per heavy atom. The zero-order chi connectivity index (χ0) is 38.3. The maximum atomic E-state index is 12.7. The van der Waals surface area contributed by atoms with E-state index in [4.69, 9.17) is 57.0 Å². The highest BCUT2D eigenvalue weighted by molar-refractivity contribution is 7.48. The third-order valence-electron chi connectivity index (χ3n) is 8.54. The average molecular weight is 777 g/mol. The molecule has 5 aliphatic rings. The predicted octanol–water partition coefficient (Wildman–Crippen LogP) is 7.17. The molecular weight excluding hydrogens is 738 g/mol. The van der Waals surface area contributed by atoms with E-state index in [1.807, 2.05) is 72.9 Å². The van der Waals surface area contributed by atoms with Gasteiger partial charge in [0.25, 0.3) is 0 Å². The number of nitrogens with zero attached hydrogens (tertiary/aromatic N) is 4. The van der Waals surface area contributed by atoms with E-state index in [0.29, 0.717) is 64.2 Å². The molecule has 5 aliphatic heterocycles. The summed E-state index contributed by atoms with van der Waals surface area (Å²) in [6.45, 7) is -0.481. The van der Waals surface area contributed by atoms with Gasteiger partial charge in [-0.3, -0.25) is 27.1 Å². The number of phosphoric acid groups is 2. The summed E-state index contributed by atoms with van der Waals surface area (Å²) in [6, 6.07) is 7.10. The van der Waals surface area contributed by atoms with Crippen LogP contribution in [0, 0.1) is 5.92 Å². The van der Waals surface area contributed by atoms with Crippen molar-refractivity contribution in [1.29, 1.82) is 0 Å². The van der Waals surface area contributed by atoms with Gasteiger partial charge in [0.2, 0.25) is 0 Å². The van der Waals surface area contributed by atoms with Crippen LogP contribution in [0.25, 0.3) is 5.57 Å². The van der Waals surface area contributed by atoms with Crippen LogP contribution < -0.4 is 4.74 Å². The Kier molecular flexibility index (Phi) is 12.4. The van der Waals surface area contributed by atoms with Crippen molar-refractivity contribution in [2.45, 2.75) is 12.8 Å². The molecule has 0 radical (unpaired) electrons. The van der Waals surface area contributed by atoms with Crippen molar-refractivity contribution < 1.29 is 50.9 Å². The largest absolute Gasteiger partial charge is 0.482 e. The number of carboxylic acids is 1. The van der Waals surface area contributed by atoms with Gasteiger partial charge in [0.1, 0.15) is 5.75 Å². The molecule has 5 heterocycles. The summed E-state index contributed by atoms with van der Waals surface area (Å²) in [7, 11) is -2.58. The van der Waals surface area contributed by atoms with Crippen LogP contribution in [-0.2, 0) is 41.1 Å². The molecule has 0 saturated heterocycles. The first kappa shape index (κ1) is 39.0. The maximum Gasteiger partial charge on any atom is 0.474 e. The van der Waals surface area contributed by atoms with Gasteiger partial charge in [-0.05, 0) is 97.2 Å². The molecule has 0 fully saturated rings. The summed E-state index contributed by atoms with van der Waals surface area (Å²) in [5, 5.41) is 9.00. The van der Waals surface area contributed by atoms with E-state index in [-0.39, 0.29) is 19.1 Å². The summed E-state index contributed by atoms with van der Waals surface area (Å²) < 4.78 is 61.8. The van der Waals surface area contributed by atoms with Crippen LogP contribution in [0.15, 0.2) is 133 Å². The molecule has 0 aromatic heterocycles. The van der Waals surface area contributed by atoms with Crippen LogP contribution in [-0.4, -0.2) is 82.2 Å². The average Bonchev–Trinajstić information content (AvgIpc) is 4.01. The molecule has 0 aliphatic carbocycles. The fourth-order valence-electron chi connectivity index (χ4n) is 5.96. The zero-order valence-corrected chi connectivity index (χ0v) is 31.7. The van der Waals surface area contributed by atoms with Crippen LogP contribution in [0.4, 0.5) is 0 Å². The van der Waals surface area contributed by atoms with Gasteiger partial charge in [0.15, 0.2) is 6.61 Å². The summed E-state index contributed by atoms with van der Waals surface area (Å²) in [5.74, 6) is -1.01. The van der Waals surface area contributed by atoms with Gasteiger partial charge in [0.05, 0.1) is 58.8 Å². The smallest absolute Gasteiger partial charge is 0.474 e. The molecule has 0 unspecified atom stereocenters. The molecule has 54 heavy (non-hydrogen) atoms. The second-order valence-corrected chi connectivity index (χ2v) is 15.6. The lowest BCUT2D eigenvalue weighted by atomic mass is 9.88. The third kappa shape index (κ3) is 9.33. The SMILES string of the molecule is COP(=O)(OC)OCCC(CCOP(=O)(OC)OC)C1=C2C=CC(=N2)C=C2C=CC(=N2)C(c2ccc(OCC(=O)O)cc2)=C2C=CC(=N2)C=C2C=CC1=N2. The van der Waals surface area contributed by atoms with Gasteiger partial charge in [-0.25, -0.2) is 33.9 Å². The summed E-state index contributed by atoms with van der Waals surface area (Å²) >= 11 is 0. The number of carbonyl (C=O) groups is 1. The van der Waals surface area contributed by atoms with Gasteiger partial charge in [-0.1, -0.05) is 12.1 Å². The Balaban J connectivity index is 1.40. The van der Waals surface area contributed by atoms with Crippen molar-refractivity contribution in [3.05, 3.63) is 119 Å². The lowest BCUT2D eigenvalue weighted by Gasteiger charge is -2.23. The van der Waals surface area contributed by atoms with Crippen LogP contribution in [0.5, 0.6) is 5.75 Å². The van der Waals surface area contributed by atoms with Gasteiger partial charge >= 0.3 is 21.6 Å². The topological polar surface area (TPSA) is 185 Å². The number of rotatable bonds is 17. The predicted molar refractivity (Wildman–Crippen MR) is 204 cm³/mol. The monoisotopic (exact) mass is 776 g/mol. The van der Waals surface area contributed by atoms with Crippen LogP contribution in [0.3, 0.4) is 0 Å². The summed E-state index contributed by atoms with van der Waals surface area (Å²) in [6.07, 6.45) is 19.5. The molecule has 1 aromatic carbocycles. The second-order valence-electron chi connectivity index (χ2n) is 11.9. The summed E-state index contributed by atoms with van der Waals surface area (Å²) in [4.78, 5) is 30.8. The minimum atomic E-state index is -3.77. The number of aliphatic carboxylic acids is 1. The molecular formula is C37H38N4O11P2. The van der Waals surface area contributed by atoms with E-state index < -0.39 is 28.2 Å². The van der Waals surface area contributed by atoms with Crippen LogP contribution in [0.2, 0.25) is 0 Å². The van der Waals surface area contributed by atoms with Crippen molar-refractivity contribution in [2.75, 3.05) is 48.3 Å². The highest BCUT2D eigenvalue weighted by Crippen LogP contribution is 2.49. The van der Waals surface area contributed by atoms with E-state index in [1.165, 1.54) is 28.4 Å². The minimum Gasteiger partial charge on any atom is -0.482 e. The molecule has 0 amide bonds. The number of carboxylic acid groups (broad SMARTS) is 1. The number of allylic oxidation sites excluding steroid dienone is 12. The Hall–Kier alpha value is -4.69. The number of phosphoric ester groups is 2. The number of fused-ring (bicyclic) bond motifs is 4. The molecule has 17 heteroatoms.